The number of halogens is 10. The summed E-state index contributed by atoms with van der Waals surface area (Å²) in [4.78, 5) is 20.9. The molecule has 0 radical (unpaired) electrons. The van der Waals surface area contributed by atoms with E-state index in [2.05, 4.69) is 20.3 Å². The van der Waals surface area contributed by atoms with Crippen molar-refractivity contribution in [2.75, 3.05) is 0 Å². The molecule has 3 aromatic rings. The van der Waals surface area contributed by atoms with E-state index in [-0.39, 0.29) is 40.1 Å². The number of pyridine rings is 1. The standard InChI is InChI=1S/C25H15ClF9N3O2/c1-11-4-12(2-3-15(11)22(39)37-10-13-9-36-20(26)7-16(13)24(30,31)32)19-8-23(40-38-19,25(33,34)35)14-5-17(27)21(29)18(28)6-14/h2-7,9H,8,10H2,1H3,(H,37,39). The minimum Gasteiger partial charge on any atom is -0.374 e. The third-order valence-electron chi connectivity index (χ3n) is 6.14. The van der Waals surface area contributed by atoms with Gasteiger partial charge in [-0.15, -0.1) is 0 Å². The van der Waals surface area contributed by atoms with Crippen molar-refractivity contribution < 1.29 is 49.1 Å². The van der Waals surface area contributed by atoms with Crippen LogP contribution in [-0.4, -0.2) is 22.8 Å². The molecule has 1 aliphatic rings. The Hall–Kier alpha value is -3.81. The average Bonchev–Trinajstić information content (AvgIpc) is 3.32. The van der Waals surface area contributed by atoms with E-state index in [1.807, 2.05) is 0 Å². The van der Waals surface area contributed by atoms with Gasteiger partial charge >= 0.3 is 12.4 Å². The van der Waals surface area contributed by atoms with Gasteiger partial charge in [0.15, 0.2) is 17.5 Å². The van der Waals surface area contributed by atoms with Gasteiger partial charge in [-0.2, -0.15) is 26.3 Å². The second-order valence-corrected chi connectivity index (χ2v) is 9.15. The first-order chi connectivity index (χ1) is 18.5. The van der Waals surface area contributed by atoms with E-state index in [0.29, 0.717) is 6.07 Å². The fourth-order valence-electron chi connectivity index (χ4n) is 4.08. The van der Waals surface area contributed by atoms with E-state index in [1.165, 1.54) is 25.1 Å². The van der Waals surface area contributed by atoms with Gasteiger partial charge < -0.3 is 10.2 Å². The molecule has 5 nitrogen and oxygen atoms in total. The number of carbonyl (C=O) groups excluding carboxylic acids is 1. The first-order valence-electron chi connectivity index (χ1n) is 11.1. The van der Waals surface area contributed by atoms with Crippen LogP contribution in [0.4, 0.5) is 39.5 Å². The minimum atomic E-state index is -5.23. The zero-order chi connectivity index (χ0) is 29.6. The molecule has 15 heteroatoms. The van der Waals surface area contributed by atoms with Gasteiger partial charge in [0.2, 0.25) is 0 Å². The Morgan fingerprint density at radius 3 is 2.27 bits per heavy atom. The highest BCUT2D eigenvalue weighted by Crippen LogP contribution is 2.49. The fraction of sp³-hybridized carbons (Fsp3) is 0.240. The van der Waals surface area contributed by atoms with Crippen LogP contribution in [0.5, 0.6) is 0 Å². The Bertz CT molecular complexity index is 1500. The Labute approximate surface area is 224 Å². The molecule has 4 rings (SSSR count). The van der Waals surface area contributed by atoms with E-state index in [1.54, 1.807) is 0 Å². The number of rotatable bonds is 5. The molecule has 1 unspecified atom stereocenters. The van der Waals surface area contributed by atoms with Gasteiger partial charge in [-0.25, -0.2) is 18.2 Å². The first-order valence-corrected chi connectivity index (χ1v) is 11.5. The molecule has 1 atom stereocenters. The van der Waals surface area contributed by atoms with Crippen LogP contribution in [0.3, 0.4) is 0 Å². The normalized spacial score (nSPS) is 17.4. The summed E-state index contributed by atoms with van der Waals surface area (Å²) in [5.41, 5.74) is -5.83. The molecule has 1 N–H and O–H groups in total. The number of nitrogens with one attached hydrogen (secondary N) is 1. The van der Waals surface area contributed by atoms with Gasteiger partial charge in [0.25, 0.3) is 11.5 Å². The van der Waals surface area contributed by atoms with E-state index in [9.17, 15) is 44.3 Å². The zero-order valence-electron chi connectivity index (χ0n) is 19.9. The Balaban J connectivity index is 1.55. The Morgan fingerprint density at radius 1 is 1.05 bits per heavy atom. The molecule has 0 fully saturated rings. The number of aryl methyl sites for hydroxylation is 1. The smallest absolute Gasteiger partial charge is 0.374 e. The van der Waals surface area contributed by atoms with Crippen LogP contribution in [0.1, 0.15) is 44.6 Å². The largest absolute Gasteiger partial charge is 0.435 e. The van der Waals surface area contributed by atoms with E-state index in [4.69, 9.17) is 11.6 Å². The van der Waals surface area contributed by atoms with Crippen LogP contribution in [0, 0.1) is 24.4 Å². The lowest BCUT2D eigenvalue weighted by molar-refractivity contribution is -0.276. The molecule has 1 amide bonds. The number of aromatic nitrogens is 1. The Morgan fingerprint density at radius 2 is 1.70 bits per heavy atom. The lowest BCUT2D eigenvalue weighted by Crippen LogP contribution is -2.43. The summed E-state index contributed by atoms with van der Waals surface area (Å²) < 4.78 is 123. The lowest BCUT2D eigenvalue weighted by atomic mass is 9.86. The first kappa shape index (κ1) is 29.2. The third-order valence-corrected chi connectivity index (χ3v) is 6.34. The number of amides is 1. The van der Waals surface area contributed by atoms with Crippen LogP contribution in [0.25, 0.3) is 0 Å². The number of hydrogen-bond donors (Lipinski definition) is 1. The number of hydrogen-bond acceptors (Lipinski definition) is 4. The predicted molar refractivity (Wildman–Crippen MR) is 123 cm³/mol. The van der Waals surface area contributed by atoms with Gasteiger partial charge in [0, 0.05) is 35.9 Å². The van der Waals surface area contributed by atoms with Crippen molar-refractivity contribution in [3.05, 3.63) is 98.6 Å². The fourth-order valence-corrected chi connectivity index (χ4v) is 4.24. The third kappa shape index (κ3) is 5.44. The number of carbonyl (C=O) groups is 1. The predicted octanol–water partition coefficient (Wildman–Crippen LogP) is 6.99. The molecule has 0 saturated heterocycles. The minimum absolute atomic E-state index is 0.0106. The maximum Gasteiger partial charge on any atom is 0.435 e. The summed E-state index contributed by atoms with van der Waals surface area (Å²) in [6, 6.07) is 4.65. The quantitative estimate of drug-likeness (QED) is 0.196. The maximum atomic E-state index is 14.1. The second-order valence-electron chi connectivity index (χ2n) is 8.76. The topological polar surface area (TPSA) is 63.6 Å². The monoisotopic (exact) mass is 595 g/mol. The SMILES string of the molecule is Cc1cc(C2=NOC(c3cc(F)c(F)c(F)c3)(C(F)(F)F)C2)ccc1C(=O)NCc1cnc(Cl)cc1C(F)(F)F. The molecule has 0 aliphatic carbocycles. The molecule has 1 aromatic heterocycles. The van der Waals surface area contributed by atoms with Gasteiger partial charge in [0.1, 0.15) is 5.15 Å². The molecule has 2 aromatic carbocycles. The molecule has 2 heterocycles. The number of benzene rings is 2. The highest BCUT2D eigenvalue weighted by Gasteiger charge is 2.62. The van der Waals surface area contributed by atoms with Crippen molar-refractivity contribution in [1.82, 2.24) is 10.3 Å². The molecule has 40 heavy (non-hydrogen) atoms. The summed E-state index contributed by atoms with van der Waals surface area (Å²) in [5, 5.41) is 5.38. The van der Waals surface area contributed by atoms with Gasteiger partial charge in [0.05, 0.1) is 11.3 Å². The summed E-state index contributed by atoms with van der Waals surface area (Å²) in [6.45, 7) is 0.861. The van der Waals surface area contributed by atoms with E-state index >= 15 is 0 Å². The van der Waals surface area contributed by atoms with Crippen molar-refractivity contribution in [1.29, 1.82) is 0 Å². The van der Waals surface area contributed by atoms with Gasteiger partial charge in [-0.3, -0.25) is 4.79 Å². The van der Waals surface area contributed by atoms with Crippen LogP contribution in [0.2, 0.25) is 5.15 Å². The molecule has 0 bridgehead atoms. The van der Waals surface area contributed by atoms with Crippen molar-refractivity contribution in [3.8, 4) is 0 Å². The van der Waals surface area contributed by atoms with Crippen LogP contribution in [0.15, 0.2) is 47.8 Å². The van der Waals surface area contributed by atoms with Crippen molar-refractivity contribution in [2.24, 2.45) is 5.16 Å². The van der Waals surface area contributed by atoms with Crippen LogP contribution < -0.4 is 5.32 Å². The average molecular weight is 596 g/mol. The van der Waals surface area contributed by atoms with Gasteiger partial charge in [-0.05, 0) is 48.4 Å². The number of nitrogens with zero attached hydrogens (tertiary/aromatic N) is 2. The zero-order valence-corrected chi connectivity index (χ0v) is 20.7. The molecule has 1 aliphatic heterocycles. The van der Waals surface area contributed by atoms with Crippen molar-refractivity contribution in [3.63, 3.8) is 0 Å². The Kier molecular flexibility index (Phi) is 7.52. The van der Waals surface area contributed by atoms with E-state index in [0.717, 1.165) is 6.20 Å². The highest BCUT2D eigenvalue weighted by molar-refractivity contribution is 6.29. The number of alkyl halides is 6. The summed E-state index contributed by atoms with van der Waals surface area (Å²) in [6.07, 6.45) is -10.2. The summed E-state index contributed by atoms with van der Waals surface area (Å²) in [7, 11) is 0. The van der Waals surface area contributed by atoms with Crippen molar-refractivity contribution in [2.45, 2.75) is 37.8 Å². The van der Waals surface area contributed by atoms with Crippen LogP contribution in [-0.2, 0) is 23.2 Å². The van der Waals surface area contributed by atoms with Gasteiger partial charge in [-0.1, -0.05) is 22.8 Å². The second kappa shape index (κ2) is 10.3. The van der Waals surface area contributed by atoms with Crippen LogP contribution >= 0.6 is 11.6 Å². The lowest BCUT2D eigenvalue weighted by Gasteiger charge is -2.29. The van der Waals surface area contributed by atoms with Crippen molar-refractivity contribution >= 4 is 23.2 Å². The molecule has 212 valence electrons. The molecular weight excluding hydrogens is 581 g/mol. The molecular formula is C25H15ClF9N3O2. The summed E-state index contributed by atoms with van der Waals surface area (Å²) >= 11 is 5.54. The maximum absolute atomic E-state index is 14.1. The molecule has 0 saturated carbocycles. The molecule has 0 spiro atoms. The highest BCUT2D eigenvalue weighted by atomic mass is 35.5. The summed E-state index contributed by atoms with van der Waals surface area (Å²) in [5.74, 6) is -6.44. The van der Waals surface area contributed by atoms with E-state index < -0.39 is 70.6 Å². The number of oxime groups is 1.